The van der Waals surface area contributed by atoms with Gasteiger partial charge >= 0.3 is 0 Å². The second kappa shape index (κ2) is 11.1. The van der Waals surface area contributed by atoms with Gasteiger partial charge in [-0.25, -0.2) is 5.43 Å². The van der Waals surface area contributed by atoms with Gasteiger partial charge in [0, 0.05) is 36.9 Å². The van der Waals surface area contributed by atoms with E-state index in [9.17, 15) is 20.2 Å². The van der Waals surface area contributed by atoms with Gasteiger partial charge in [0.15, 0.2) is 0 Å². The van der Waals surface area contributed by atoms with Crippen LogP contribution in [0.4, 0.5) is 5.69 Å². The second-order valence-corrected chi connectivity index (χ2v) is 10.6. The Hall–Kier alpha value is -3.09. The fourth-order valence-electron chi connectivity index (χ4n) is 3.21. The Morgan fingerprint density at radius 1 is 1.20 bits per heavy atom. The van der Waals surface area contributed by atoms with E-state index in [-0.39, 0.29) is 12.3 Å². The van der Waals surface area contributed by atoms with Gasteiger partial charge in [0.1, 0.15) is 12.4 Å². The summed E-state index contributed by atoms with van der Waals surface area (Å²) in [7, 11) is 0. The molecule has 11 heteroatoms. The molecule has 3 aromatic carbocycles. The van der Waals surface area contributed by atoms with E-state index < -0.39 is 10.8 Å². The van der Waals surface area contributed by atoms with Crippen molar-refractivity contribution < 1.29 is 14.5 Å². The molecule has 1 aromatic heterocycles. The highest BCUT2D eigenvalue weighted by Crippen LogP contribution is 2.30. The molecule has 0 aliphatic heterocycles. The number of nitrogens with zero attached hydrogens (tertiary/aromatic N) is 3. The normalized spacial score (nSPS) is 10.9. The number of hydrogen-bond acceptors (Lipinski definition) is 7. The maximum absolute atomic E-state index is 12.6. The highest BCUT2D eigenvalue weighted by molar-refractivity contribution is 14.1. The SMILES string of the molecule is N#Cc1ccccc1COc1c(I)cc(I)cc1/C=N\NC(=O)c1cc2cc([N+](=O)[O-])ccc2s1. The number of rotatable bonds is 7. The van der Waals surface area contributed by atoms with Crippen LogP contribution in [-0.2, 0) is 6.61 Å². The quantitative estimate of drug-likeness (QED) is 0.106. The Labute approximate surface area is 231 Å². The molecule has 8 nitrogen and oxygen atoms in total. The summed E-state index contributed by atoms with van der Waals surface area (Å²) in [4.78, 5) is 23.5. The van der Waals surface area contributed by atoms with Gasteiger partial charge in [-0.3, -0.25) is 14.9 Å². The number of benzene rings is 3. The zero-order valence-corrected chi connectivity index (χ0v) is 22.8. The van der Waals surface area contributed by atoms with Gasteiger partial charge in [-0.15, -0.1) is 11.3 Å². The third-order valence-electron chi connectivity index (χ3n) is 4.85. The lowest BCUT2D eigenvalue weighted by Crippen LogP contribution is -2.16. The summed E-state index contributed by atoms with van der Waals surface area (Å²) in [5.41, 5.74) is 4.46. The molecular formula is C24H14I2N4O4S. The molecule has 1 amide bonds. The number of non-ortho nitro benzene ring substituents is 1. The van der Waals surface area contributed by atoms with Crippen LogP contribution in [0.3, 0.4) is 0 Å². The Kier molecular flexibility index (Phi) is 7.93. The van der Waals surface area contributed by atoms with E-state index in [0.717, 1.165) is 17.4 Å². The van der Waals surface area contributed by atoms with E-state index in [2.05, 4.69) is 61.8 Å². The summed E-state index contributed by atoms with van der Waals surface area (Å²) in [5, 5.41) is 25.0. The number of hydrogen-bond donors (Lipinski definition) is 1. The first-order chi connectivity index (χ1) is 16.9. The van der Waals surface area contributed by atoms with Gasteiger partial charge in [0.25, 0.3) is 11.6 Å². The predicted octanol–water partition coefficient (Wildman–Crippen LogP) is 6.23. The lowest BCUT2D eigenvalue weighted by molar-refractivity contribution is -0.384. The van der Waals surface area contributed by atoms with Gasteiger partial charge in [0.05, 0.1) is 31.2 Å². The summed E-state index contributed by atoms with van der Waals surface area (Å²) in [5.74, 6) is 0.168. The Balaban J connectivity index is 1.51. The van der Waals surface area contributed by atoms with Crippen molar-refractivity contribution in [3.05, 3.63) is 99.5 Å². The fraction of sp³-hybridized carbons (Fsp3) is 0.0417. The van der Waals surface area contributed by atoms with Crippen LogP contribution in [0.5, 0.6) is 5.75 Å². The minimum atomic E-state index is -0.470. The summed E-state index contributed by atoms with van der Waals surface area (Å²) in [6, 6.07) is 19.3. The van der Waals surface area contributed by atoms with Crippen LogP contribution in [-0.4, -0.2) is 17.0 Å². The average Bonchev–Trinajstić information content (AvgIpc) is 3.27. The third kappa shape index (κ3) is 5.95. The highest BCUT2D eigenvalue weighted by atomic mass is 127. The zero-order chi connectivity index (χ0) is 24.9. The van der Waals surface area contributed by atoms with Crippen molar-refractivity contribution in [1.82, 2.24) is 5.43 Å². The summed E-state index contributed by atoms with van der Waals surface area (Å²) in [6.45, 7) is 0.210. The molecule has 0 saturated heterocycles. The van der Waals surface area contributed by atoms with E-state index in [1.165, 1.54) is 29.7 Å². The van der Waals surface area contributed by atoms with Crippen LogP contribution < -0.4 is 10.2 Å². The largest absolute Gasteiger partial charge is 0.487 e. The van der Waals surface area contributed by atoms with Gasteiger partial charge in [-0.2, -0.15) is 10.4 Å². The van der Waals surface area contributed by atoms with Crippen molar-refractivity contribution in [2.75, 3.05) is 0 Å². The van der Waals surface area contributed by atoms with Gasteiger partial charge < -0.3 is 4.74 Å². The number of nitro benzene ring substituents is 1. The van der Waals surface area contributed by atoms with Crippen molar-refractivity contribution in [2.24, 2.45) is 5.10 Å². The number of carbonyl (C=O) groups is 1. The topological polar surface area (TPSA) is 118 Å². The first kappa shape index (κ1) is 25.0. The number of halogens is 2. The van der Waals surface area contributed by atoms with E-state index >= 15 is 0 Å². The fourth-order valence-corrected chi connectivity index (χ4v) is 6.18. The molecule has 0 fully saturated rings. The van der Waals surface area contributed by atoms with E-state index in [1.807, 2.05) is 24.3 Å². The summed E-state index contributed by atoms with van der Waals surface area (Å²) in [6.07, 6.45) is 1.51. The molecule has 0 saturated carbocycles. The lowest BCUT2D eigenvalue weighted by Gasteiger charge is -2.13. The molecule has 0 unspecified atom stereocenters. The average molecular weight is 708 g/mol. The molecule has 1 N–H and O–H groups in total. The number of nitro groups is 1. The van der Waals surface area contributed by atoms with E-state index in [0.29, 0.717) is 27.1 Å². The predicted molar refractivity (Wildman–Crippen MR) is 151 cm³/mol. The van der Waals surface area contributed by atoms with Crippen molar-refractivity contribution in [3.63, 3.8) is 0 Å². The molecule has 0 radical (unpaired) electrons. The molecule has 0 atom stereocenters. The molecule has 0 aliphatic rings. The van der Waals surface area contributed by atoms with Crippen LogP contribution in [0, 0.1) is 28.6 Å². The Morgan fingerprint density at radius 3 is 2.77 bits per heavy atom. The third-order valence-corrected chi connectivity index (χ3v) is 7.39. The molecule has 4 rings (SSSR count). The van der Waals surface area contributed by atoms with Crippen LogP contribution in [0.25, 0.3) is 10.1 Å². The Bertz CT molecular complexity index is 1530. The number of ether oxygens (including phenoxy) is 1. The molecule has 35 heavy (non-hydrogen) atoms. The maximum atomic E-state index is 12.6. The van der Waals surface area contributed by atoms with Gasteiger partial charge in [-0.05, 0) is 75.5 Å². The van der Waals surface area contributed by atoms with Crippen LogP contribution in [0.15, 0.2) is 65.8 Å². The van der Waals surface area contributed by atoms with E-state index in [1.54, 1.807) is 24.3 Å². The number of nitrogens with one attached hydrogen (secondary N) is 1. The number of amides is 1. The van der Waals surface area contributed by atoms with Crippen molar-refractivity contribution >= 4 is 84.4 Å². The smallest absolute Gasteiger partial charge is 0.281 e. The molecule has 0 spiro atoms. The molecular weight excluding hydrogens is 694 g/mol. The van der Waals surface area contributed by atoms with Crippen molar-refractivity contribution in [1.29, 1.82) is 5.26 Å². The highest BCUT2D eigenvalue weighted by Gasteiger charge is 2.14. The monoisotopic (exact) mass is 708 g/mol. The van der Waals surface area contributed by atoms with Gasteiger partial charge in [-0.1, -0.05) is 18.2 Å². The number of carbonyl (C=O) groups excluding carboxylic acids is 1. The number of fused-ring (bicyclic) bond motifs is 1. The molecule has 4 aromatic rings. The molecule has 1 heterocycles. The minimum Gasteiger partial charge on any atom is -0.487 e. The number of nitriles is 1. The number of hydrazone groups is 1. The number of thiophene rings is 1. The minimum absolute atomic E-state index is 0.0292. The lowest BCUT2D eigenvalue weighted by atomic mass is 10.1. The van der Waals surface area contributed by atoms with Crippen LogP contribution in [0.2, 0.25) is 0 Å². The van der Waals surface area contributed by atoms with Crippen molar-refractivity contribution in [3.8, 4) is 11.8 Å². The molecule has 0 aliphatic carbocycles. The second-order valence-electron chi connectivity index (χ2n) is 7.15. The maximum Gasteiger partial charge on any atom is 0.281 e. The zero-order valence-electron chi connectivity index (χ0n) is 17.7. The van der Waals surface area contributed by atoms with Gasteiger partial charge in [0.2, 0.25) is 0 Å². The summed E-state index contributed by atoms with van der Waals surface area (Å²) >= 11 is 5.59. The molecule has 0 bridgehead atoms. The van der Waals surface area contributed by atoms with Crippen molar-refractivity contribution in [2.45, 2.75) is 6.61 Å². The van der Waals surface area contributed by atoms with E-state index in [4.69, 9.17) is 4.74 Å². The standard InChI is InChI=1S/C24H14I2N4O4S/c25-18-7-17(23(20(26)10-18)34-13-15-4-2-1-3-14(15)11-27)12-28-29-24(31)22-9-16-8-19(30(32)33)5-6-21(16)35-22/h1-10,12H,13H2,(H,29,31)/b28-12-. The first-order valence-corrected chi connectivity index (χ1v) is 12.9. The van der Waals surface area contributed by atoms with Crippen LogP contribution >= 0.6 is 56.5 Å². The first-order valence-electron chi connectivity index (χ1n) is 9.97. The molecule has 174 valence electrons. The summed E-state index contributed by atoms with van der Waals surface area (Å²) < 4.78 is 8.65. The Morgan fingerprint density at radius 2 is 2.00 bits per heavy atom. The van der Waals surface area contributed by atoms with Crippen LogP contribution in [0.1, 0.15) is 26.4 Å².